The summed E-state index contributed by atoms with van der Waals surface area (Å²) < 4.78 is 5.20. The molecular formula is C10H13N3O2. The summed E-state index contributed by atoms with van der Waals surface area (Å²) in [6.45, 7) is 3.04. The van der Waals surface area contributed by atoms with E-state index in [9.17, 15) is 4.79 Å². The third-order valence-corrected chi connectivity index (χ3v) is 2.29. The van der Waals surface area contributed by atoms with Crippen molar-refractivity contribution in [3.63, 3.8) is 0 Å². The van der Waals surface area contributed by atoms with Crippen LogP contribution in [0.4, 0.5) is 5.69 Å². The molecule has 0 saturated carbocycles. The van der Waals surface area contributed by atoms with Crippen LogP contribution < -0.4 is 15.4 Å². The lowest BCUT2D eigenvalue weighted by molar-refractivity contribution is -0.123. The SMILES string of the molecule is CCOc1ccc(N2CC(N)C2=O)cn1. The average molecular weight is 207 g/mol. The molecule has 2 rings (SSSR count). The molecular weight excluding hydrogens is 194 g/mol. The van der Waals surface area contributed by atoms with Crippen LogP contribution in [0.5, 0.6) is 5.88 Å². The van der Waals surface area contributed by atoms with E-state index in [0.717, 1.165) is 5.69 Å². The summed E-state index contributed by atoms with van der Waals surface area (Å²) in [7, 11) is 0. The lowest BCUT2D eigenvalue weighted by Gasteiger charge is -2.35. The van der Waals surface area contributed by atoms with Gasteiger partial charge in [0.1, 0.15) is 6.04 Å². The third kappa shape index (κ3) is 1.78. The number of amides is 1. The minimum absolute atomic E-state index is 0.0547. The van der Waals surface area contributed by atoms with E-state index in [0.29, 0.717) is 19.0 Å². The monoisotopic (exact) mass is 207 g/mol. The van der Waals surface area contributed by atoms with Crippen LogP contribution in [0.25, 0.3) is 0 Å². The molecule has 1 aromatic rings. The second kappa shape index (κ2) is 3.86. The summed E-state index contributed by atoms with van der Waals surface area (Å²) in [5.41, 5.74) is 6.26. The Bertz CT molecular complexity index is 363. The number of anilines is 1. The van der Waals surface area contributed by atoms with E-state index in [-0.39, 0.29) is 11.9 Å². The Morgan fingerprint density at radius 3 is 2.93 bits per heavy atom. The predicted octanol–water partition coefficient (Wildman–Crippen LogP) is 0.154. The number of rotatable bonds is 3. The van der Waals surface area contributed by atoms with Crippen LogP contribution in [0, 0.1) is 0 Å². The Morgan fingerprint density at radius 2 is 2.47 bits per heavy atom. The number of nitrogens with zero attached hydrogens (tertiary/aromatic N) is 2. The molecule has 0 aromatic carbocycles. The third-order valence-electron chi connectivity index (χ3n) is 2.29. The van der Waals surface area contributed by atoms with Gasteiger partial charge in [0.15, 0.2) is 0 Å². The molecule has 1 aliphatic rings. The molecule has 1 saturated heterocycles. The van der Waals surface area contributed by atoms with Crippen LogP contribution in [-0.2, 0) is 4.79 Å². The van der Waals surface area contributed by atoms with Gasteiger partial charge in [0.25, 0.3) is 0 Å². The molecule has 1 amide bonds. The van der Waals surface area contributed by atoms with Gasteiger partial charge in [-0.05, 0) is 13.0 Å². The van der Waals surface area contributed by atoms with Crippen molar-refractivity contribution in [2.75, 3.05) is 18.1 Å². The molecule has 5 heteroatoms. The summed E-state index contributed by atoms with van der Waals surface area (Å²) in [4.78, 5) is 17.0. The fourth-order valence-electron chi connectivity index (χ4n) is 1.45. The fraction of sp³-hybridized carbons (Fsp3) is 0.400. The fourth-order valence-corrected chi connectivity index (χ4v) is 1.45. The Kier molecular flexibility index (Phi) is 2.55. The van der Waals surface area contributed by atoms with Gasteiger partial charge in [-0.1, -0.05) is 0 Å². The highest BCUT2D eigenvalue weighted by Gasteiger charge is 2.34. The number of carbonyl (C=O) groups excluding carboxylic acids is 1. The normalized spacial score (nSPS) is 20.0. The molecule has 0 spiro atoms. The molecule has 0 bridgehead atoms. The number of aromatic nitrogens is 1. The lowest BCUT2D eigenvalue weighted by Crippen LogP contribution is -2.61. The maximum Gasteiger partial charge on any atom is 0.245 e. The molecule has 1 fully saturated rings. The minimum atomic E-state index is -0.350. The van der Waals surface area contributed by atoms with Crippen LogP contribution >= 0.6 is 0 Å². The summed E-state index contributed by atoms with van der Waals surface area (Å²) >= 11 is 0. The van der Waals surface area contributed by atoms with Gasteiger partial charge in [-0.15, -0.1) is 0 Å². The smallest absolute Gasteiger partial charge is 0.245 e. The highest BCUT2D eigenvalue weighted by atomic mass is 16.5. The summed E-state index contributed by atoms with van der Waals surface area (Å²) in [5.74, 6) is 0.513. The Hall–Kier alpha value is -1.62. The Morgan fingerprint density at radius 1 is 1.67 bits per heavy atom. The zero-order valence-corrected chi connectivity index (χ0v) is 8.51. The number of nitrogens with two attached hydrogens (primary N) is 1. The molecule has 1 aliphatic heterocycles. The summed E-state index contributed by atoms with van der Waals surface area (Å²) in [6.07, 6.45) is 1.62. The molecule has 5 nitrogen and oxygen atoms in total. The first kappa shape index (κ1) is 9.92. The summed E-state index contributed by atoms with van der Waals surface area (Å²) in [5, 5.41) is 0. The molecule has 1 aromatic heterocycles. The molecule has 0 aliphatic carbocycles. The van der Waals surface area contributed by atoms with Crippen molar-refractivity contribution < 1.29 is 9.53 Å². The van der Waals surface area contributed by atoms with Gasteiger partial charge in [0.2, 0.25) is 11.8 Å². The van der Waals surface area contributed by atoms with E-state index in [4.69, 9.17) is 10.5 Å². The van der Waals surface area contributed by atoms with Gasteiger partial charge in [-0.25, -0.2) is 4.98 Å². The van der Waals surface area contributed by atoms with Gasteiger partial charge in [-0.3, -0.25) is 4.79 Å². The molecule has 1 atom stereocenters. The molecule has 1 unspecified atom stereocenters. The average Bonchev–Trinajstić information content (AvgIpc) is 2.27. The van der Waals surface area contributed by atoms with E-state index < -0.39 is 0 Å². The number of hydrogen-bond acceptors (Lipinski definition) is 4. The second-order valence-corrected chi connectivity index (χ2v) is 3.34. The highest BCUT2D eigenvalue weighted by Crippen LogP contribution is 2.21. The Labute approximate surface area is 87.8 Å². The van der Waals surface area contributed by atoms with E-state index in [2.05, 4.69) is 4.98 Å². The van der Waals surface area contributed by atoms with Crippen molar-refractivity contribution in [3.8, 4) is 5.88 Å². The van der Waals surface area contributed by atoms with Crippen LogP contribution in [0.15, 0.2) is 18.3 Å². The van der Waals surface area contributed by atoms with Gasteiger partial charge >= 0.3 is 0 Å². The van der Waals surface area contributed by atoms with E-state index >= 15 is 0 Å². The van der Waals surface area contributed by atoms with Crippen molar-refractivity contribution in [2.24, 2.45) is 5.73 Å². The number of pyridine rings is 1. The largest absolute Gasteiger partial charge is 0.478 e. The van der Waals surface area contributed by atoms with Gasteiger partial charge in [0, 0.05) is 6.07 Å². The molecule has 0 radical (unpaired) electrons. The van der Waals surface area contributed by atoms with E-state index in [1.807, 2.05) is 13.0 Å². The highest BCUT2D eigenvalue weighted by molar-refractivity contribution is 6.03. The second-order valence-electron chi connectivity index (χ2n) is 3.34. The maximum absolute atomic E-state index is 11.3. The first-order valence-electron chi connectivity index (χ1n) is 4.88. The minimum Gasteiger partial charge on any atom is -0.478 e. The zero-order valence-electron chi connectivity index (χ0n) is 8.51. The maximum atomic E-state index is 11.3. The van der Waals surface area contributed by atoms with Crippen molar-refractivity contribution in [1.82, 2.24) is 4.98 Å². The zero-order chi connectivity index (χ0) is 10.8. The first-order valence-corrected chi connectivity index (χ1v) is 4.88. The number of carbonyl (C=O) groups is 1. The summed E-state index contributed by atoms with van der Waals surface area (Å²) in [6, 6.07) is 3.20. The number of β-lactam (4-membered cyclic amide) rings is 1. The van der Waals surface area contributed by atoms with Crippen molar-refractivity contribution >= 4 is 11.6 Å². The van der Waals surface area contributed by atoms with Crippen molar-refractivity contribution in [2.45, 2.75) is 13.0 Å². The van der Waals surface area contributed by atoms with E-state index in [1.54, 1.807) is 17.2 Å². The quantitative estimate of drug-likeness (QED) is 0.716. The predicted molar refractivity (Wildman–Crippen MR) is 55.7 cm³/mol. The van der Waals surface area contributed by atoms with E-state index in [1.165, 1.54) is 0 Å². The molecule has 15 heavy (non-hydrogen) atoms. The van der Waals surface area contributed by atoms with Crippen LogP contribution in [0.3, 0.4) is 0 Å². The molecule has 80 valence electrons. The van der Waals surface area contributed by atoms with Gasteiger partial charge in [-0.2, -0.15) is 0 Å². The Balaban J connectivity index is 2.08. The standard InChI is InChI=1S/C10H13N3O2/c1-2-15-9-4-3-7(5-12-9)13-6-8(11)10(13)14/h3-5,8H,2,6,11H2,1H3. The van der Waals surface area contributed by atoms with Crippen LogP contribution in [-0.4, -0.2) is 30.1 Å². The van der Waals surface area contributed by atoms with Gasteiger partial charge in [0.05, 0.1) is 25.0 Å². The lowest BCUT2D eigenvalue weighted by atomic mass is 10.1. The van der Waals surface area contributed by atoms with Crippen LogP contribution in [0.1, 0.15) is 6.92 Å². The first-order chi connectivity index (χ1) is 7.22. The van der Waals surface area contributed by atoms with Crippen molar-refractivity contribution in [1.29, 1.82) is 0 Å². The molecule has 2 N–H and O–H groups in total. The number of ether oxygens (including phenoxy) is 1. The van der Waals surface area contributed by atoms with Crippen molar-refractivity contribution in [3.05, 3.63) is 18.3 Å². The number of hydrogen-bond donors (Lipinski definition) is 1. The topological polar surface area (TPSA) is 68.5 Å². The van der Waals surface area contributed by atoms with Crippen LogP contribution in [0.2, 0.25) is 0 Å². The molecule has 2 heterocycles. The van der Waals surface area contributed by atoms with Gasteiger partial charge < -0.3 is 15.4 Å².